The van der Waals surface area contributed by atoms with Gasteiger partial charge in [0.05, 0.1) is 11.4 Å². The summed E-state index contributed by atoms with van der Waals surface area (Å²) < 4.78 is 39.5. The Morgan fingerprint density at radius 2 is 1.70 bits per heavy atom. The largest absolute Gasteiger partial charge is 0.355 e. The maximum absolute atomic E-state index is 13.5. The van der Waals surface area contributed by atoms with E-state index in [1.807, 2.05) is 0 Å². The molecule has 0 radical (unpaired) electrons. The molecule has 0 aliphatic carbocycles. The summed E-state index contributed by atoms with van der Waals surface area (Å²) in [6.07, 6.45) is 0.307. The van der Waals surface area contributed by atoms with Crippen LogP contribution < -0.4 is 5.32 Å². The molecule has 0 aliphatic rings. The number of amides is 1. The SMILES string of the molecule is CC(=O)c1ccc(S(=O)(=O)N(C)CC(=O)NCCc2ccccc2F)cc1. The molecule has 144 valence electrons. The summed E-state index contributed by atoms with van der Waals surface area (Å²) in [6, 6.07) is 11.8. The number of benzene rings is 2. The van der Waals surface area contributed by atoms with Crippen molar-refractivity contribution in [1.29, 1.82) is 0 Å². The van der Waals surface area contributed by atoms with Gasteiger partial charge in [0.2, 0.25) is 15.9 Å². The van der Waals surface area contributed by atoms with Gasteiger partial charge in [-0.2, -0.15) is 4.31 Å². The lowest BCUT2D eigenvalue weighted by Gasteiger charge is -2.17. The maximum Gasteiger partial charge on any atom is 0.243 e. The van der Waals surface area contributed by atoms with Crippen molar-refractivity contribution < 1.29 is 22.4 Å². The van der Waals surface area contributed by atoms with Gasteiger partial charge < -0.3 is 5.32 Å². The number of hydrogen-bond acceptors (Lipinski definition) is 4. The summed E-state index contributed by atoms with van der Waals surface area (Å²) in [5.41, 5.74) is 0.881. The van der Waals surface area contributed by atoms with Crippen molar-refractivity contribution in [3.05, 3.63) is 65.5 Å². The highest BCUT2D eigenvalue weighted by molar-refractivity contribution is 7.89. The zero-order valence-electron chi connectivity index (χ0n) is 15.1. The third-order valence-electron chi connectivity index (χ3n) is 4.01. The molecule has 0 fully saturated rings. The maximum atomic E-state index is 13.5. The van der Waals surface area contributed by atoms with E-state index in [9.17, 15) is 22.4 Å². The molecule has 0 unspecified atom stereocenters. The summed E-state index contributed by atoms with van der Waals surface area (Å²) in [6.45, 7) is 1.22. The Labute approximate surface area is 158 Å². The molecule has 0 bridgehead atoms. The highest BCUT2D eigenvalue weighted by Crippen LogP contribution is 2.15. The van der Waals surface area contributed by atoms with Gasteiger partial charge in [-0.25, -0.2) is 12.8 Å². The van der Waals surface area contributed by atoms with Gasteiger partial charge in [0, 0.05) is 19.2 Å². The van der Waals surface area contributed by atoms with Crippen LogP contribution in [0.25, 0.3) is 0 Å². The molecule has 8 heteroatoms. The van der Waals surface area contributed by atoms with Crippen LogP contribution in [0.4, 0.5) is 4.39 Å². The Morgan fingerprint density at radius 1 is 1.07 bits per heavy atom. The van der Waals surface area contributed by atoms with Crippen LogP contribution in [0.2, 0.25) is 0 Å². The van der Waals surface area contributed by atoms with Crippen LogP contribution in [0.1, 0.15) is 22.8 Å². The molecule has 0 aromatic heterocycles. The van der Waals surface area contributed by atoms with Crippen molar-refractivity contribution in [3.8, 4) is 0 Å². The predicted molar refractivity (Wildman–Crippen MR) is 99.4 cm³/mol. The molecule has 6 nitrogen and oxygen atoms in total. The second kappa shape index (κ2) is 8.88. The molecule has 0 saturated heterocycles. The minimum atomic E-state index is -3.86. The molecular weight excluding hydrogens is 371 g/mol. The average Bonchev–Trinajstić information content (AvgIpc) is 2.63. The Bertz CT molecular complexity index is 927. The zero-order chi connectivity index (χ0) is 20.0. The number of carbonyl (C=O) groups excluding carboxylic acids is 2. The number of nitrogens with zero attached hydrogens (tertiary/aromatic N) is 1. The van der Waals surface area contributed by atoms with Crippen molar-refractivity contribution >= 4 is 21.7 Å². The Kier molecular flexibility index (Phi) is 6.81. The lowest BCUT2D eigenvalue weighted by Crippen LogP contribution is -2.39. The van der Waals surface area contributed by atoms with Gasteiger partial charge in [0.15, 0.2) is 5.78 Å². The minimum Gasteiger partial charge on any atom is -0.355 e. The van der Waals surface area contributed by atoms with E-state index in [1.54, 1.807) is 18.2 Å². The first-order valence-electron chi connectivity index (χ1n) is 8.29. The predicted octanol–water partition coefficient (Wildman–Crippen LogP) is 2.01. The lowest BCUT2D eigenvalue weighted by molar-refractivity contribution is -0.121. The fraction of sp³-hybridized carbons (Fsp3) is 0.263. The third kappa shape index (κ3) is 5.45. The van der Waals surface area contributed by atoms with Gasteiger partial charge in [-0.1, -0.05) is 30.3 Å². The molecule has 2 aromatic rings. The number of halogens is 1. The summed E-state index contributed by atoms with van der Waals surface area (Å²) in [5, 5.41) is 2.58. The Balaban J connectivity index is 1.92. The van der Waals surface area contributed by atoms with Crippen LogP contribution in [0.5, 0.6) is 0 Å². The fourth-order valence-corrected chi connectivity index (χ4v) is 3.55. The summed E-state index contributed by atoms with van der Waals surface area (Å²) in [4.78, 5) is 23.3. The fourth-order valence-electron chi connectivity index (χ4n) is 2.42. The molecule has 0 saturated carbocycles. The summed E-state index contributed by atoms with van der Waals surface area (Å²) in [5.74, 6) is -1.00. The van der Waals surface area contributed by atoms with Crippen LogP contribution in [-0.4, -0.2) is 44.6 Å². The first-order valence-corrected chi connectivity index (χ1v) is 9.73. The molecule has 2 aromatic carbocycles. The van der Waals surface area contributed by atoms with Crippen molar-refractivity contribution in [2.24, 2.45) is 0 Å². The van der Waals surface area contributed by atoms with E-state index in [2.05, 4.69) is 5.32 Å². The van der Waals surface area contributed by atoms with E-state index in [-0.39, 0.29) is 29.6 Å². The molecule has 1 N–H and O–H groups in total. The third-order valence-corrected chi connectivity index (χ3v) is 5.83. The van der Waals surface area contributed by atoms with Gasteiger partial charge in [-0.3, -0.25) is 9.59 Å². The molecule has 1 amide bonds. The molecule has 0 atom stereocenters. The van der Waals surface area contributed by atoms with Gasteiger partial charge in [-0.05, 0) is 37.1 Å². The smallest absolute Gasteiger partial charge is 0.243 e. The standard InChI is InChI=1S/C19H21FN2O4S/c1-14(23)15-7-9-17(10-8-15)27(25,26)22(2)13-19(24)21-12-11-16-5-3-4-6-18(16)20/h3-10H,11-13H2,1-2H3,(H,21,24). The van der Waals surface area contributed by atoms with Crippen LogP contribution in [0, 0.1) is 5.82 Å². The molecule has 0 aliphatic heterocycles. The van der Waals surface area contributed by atoms with Gasteiger partial charge in [-0.15, -0.1) is 0 Å². The van der Waals surface area contributed by atoms with Crippen LogP contribution in [0.15, 0.2) is 53.4 Å². The number of ketones is 1. The zero-order valence-corrected chi connectivity index (χ0v) is 15.9. The summed E-state index contributed by atoms with van der Waals surface area (Å²) in [7, 11) is -2.56. The monoisotopic (exact) mass is 392 g/mol. The summed E-state index contributed by atoms with van der Waals surface area (Å²) >= 11 is 0. The Morgan fingerprint density at radius 3 is 2.30 bits per heavy atom. The van der Waals surface area contributed by atoms with Gasteiger partial charge >= 0.3 is 0 Å². The number of carbonyl (C=O) groups is 2. The lowest BCUT2D eigenvalue weighted by atomic mass is 10.1. The molecular formula is C19H21FN2O4S. The van der Waals surface area contributed by atoms with Crippen LogP contribution in [0.3, 0.4) is 0 Å². The van der Waals surface area contributed by atoms with E-state index >= 15 is 0 Å². The normalized spacial score (nSPS) is 11.4. The van der Waals surface area contributed by atoms with Crippen molar-refractivity contribution in [1.82, 2.24) is 9.62 Å². The Hall–Kier alpha value is -2.58. The molecule has 2 rings (SSSR count). The molecule has 27 heavy (non-hydrogen) atoms. The number of Topliss-reactive ketones (excluding diaryl/α,β-unsaturated/α-hetero) is 1. The topological polar surface area (TPSA) is 83.6 Å². The second-order valence-corrected chi connectivity index (χ2v) is 8.08. The first kappa shape index (κ1) is 20.7. The number of rotatable bonds is 8. The molecule has 0 heterocycles. The van der Waals surface area contributed by atoms with E-state index in [0.717, 1.165) is 4.31 Å². The minimum absolute atomic E-state index is 0.00541. The first-order chi connectivity index (χ1) is 12.7. The van der Waals surface area contributed by atoms with Gasteiger partial charge in [0.25, 0.3) is 0 Å². The van der Waals surface area contributed by atoms with Crippen molar-refractivity contribution in [3.63, 3.8) is 0 Å². The number of hydrogen-bond donors (Lipinski definition) is 1. The van der Waals surface area contributed by atoms with E-state index in [1.165, 1.54) is 44.3 Å². The number of sulfonamides is 1. The number of likely N-dealkylation sites (N-methyl/N-ethyl adjacent to an activating group) is 1. The number of nitrogens with one attached hydrogen (secondary N) is 1. The second-order valence-electron chi connectivity index (χ2n) is 6.03. The van der Waals surface area contributed by atoms with Crippen molar-refractivity contribution in [2.75, 3.05) is 20.1 Å². The highest BCUT2D eigenvalue weighted by Gasteiger charge is 2.23. The molecule has 0 spiro atoms. The quantitative estimate of drug-likeness (QED) is 0.697. The van der Waals surface area contributed by atoms with Crippen LogP contribution in [-0.2, 0) is 21.2 Å². The van der Waals surface area contributed by atoms with E-state index < -0.39 is 15.9 Å². The highest BCUT2D eigenvalue weighted by atomic mass is 32.2. The van der Waals surface area contributed by atoms with E-state index in [4.69, 9.17) is 0 Å². The van der Waals surface area contributed by atoms with Gasteiger partial charge in [0.1, 0.15) is 5.82 Å². The average molecular weight is 392 g/mol. The van der Waals surface area contributed by atoms with E-state index in [0.29, 0.717) is 17.5 Å². The van der Waals surface area contributed by atoms with Crippen molar-refractivity contribution in [2.45, 2.75) is 18.2 Å². The van der Waals surface area contributed by atoms with Crippen LogP contribution >= 0.6 is 0 Å².